The van der Waals surface area contributed by atoms with E-state index in [2.05, 4.69) is 16.4 Å². The van der Waals surface area contributed by atoms with Crippen molar-refractivity contribution in [1.82, 2.24) is 4.98 Å². The number of aromatic nitrogens is 1. The Morgan fingerprint density at radius 2 is 1.83 bits per heavy atom. The van der Waals surface area contributed by atoms with Crippen molar-refractivity contribution >= 4 is 45.7 Å². The van der Waals surface area contributed by atoms with Gasteiger partial charge in [-0.05, 0) is 43.7 Å². The first-order valence-electron chi connectivity index (χ1n) is 7.27. The van der Waals surface area contributed by atoms with Gasteiger partial charge in [-0.15, -0.1) is 0 Å². The van der Waals surface area contributed by atoms with Crippen LogP contribution in [-0.2, 0) is 11.2 Å². The van der Waals surface area contributed by atoms with Gasteiger partial charge in [-0.3, -0.25) is 4.79 Å². The molecule has 0 aliphatic rings. The van der Waals surface area contributed by atoms with Gasteiger partial charge in [0.25, 0.3) is 0 Å². The molecule has 3 nitrogen and oxygen atoms in total. The fraction of sp³-hybridized carbons (Fsp3) is 0.167. The number of aromatic amines is 1. The maximum absolute atomic E-state index is 12.4. The van der Waals surface area contributed by atoms with E-state index in [-0.39, 0.29) is 12.3 Å². The quantitative estimate of drug-likeness (QED) is 0.666. The fourth-order valence-corrected chi connectivity index (χ4v) is 3.18. The Bertz CT molecular complexity index is 879. The summed E-state index contributed by atoms with van der Waals surface area (Å²) in [5.41, 5.74) is 4.63. The Morgan fingerprint density at radius 3 is 2.52 bits per heavy atom. The second-order valence-electron chi connectivity index (χ2n) is 5.60. The van der Waals surface area contributed by atoms with Gasteiger partial charge in [0, 0.05) is 16.6 Å². The minimum Gasteiger partial charge on any atom is -0.358 e. The van der Waals surface area contributed by atoms with Crippen molar-refractivity contribution in [3.8, 4) is 0 Å². The third-order valence-electron chi connectivity index (χ3n) is 3.84. The normalized spacial score (nSPS) is 11.0. The second kappa shape index (κ2) is 6.26. The highest BCUT2D eigenvalue weighted by molar-refractivity contribution is 6.39. The van der Waals surface area contributed by atoms with Crippen LogP contribution in [0.4, 0.5) is 5.69 Å². The molecule has 23 heavy (non-hydrogen) atoms. The molecule has 118 valence electrons. The van der Waals surface area contributed by atoms with E-state index in [0.717, 1.165) is 27.7 Å². The van der Waals surface area contributed by atoms with Crippen LogP contribution in [-0.4, -0.2) is 10.9 Å². The molecule has 3 rings (SSSR count). The third kappa shape index (κ3) is 3.21. The lowest BCUT2D eigenvalue weighted by Crippen LogP contribution is -2.15. The highest BCUT2D eigenvalue weighted by Gasteiger charge is 2.15. The summed E-state index contributed by atoms with van der Waals surface area (Å²) in [6.45, 7) is 4.01. The summed E-state index contributed by atoms with van der Waals surface area (Å²) in [6, 6.07) is 11.3. The minimum absolute atomic E-state index is 0.148. The number of hydrogen-bond donors (Lipinski definition) is 2. The van der Waals surface area contributed by atoms with Crippen molar-refractivity contribution in [3.05, 3.63) is 63.3 Å². The van der Waals surface area contributed by atoms with E-state index in [1.54, 1.807) is 18.2 Å². The Balaban J connectivity index is 1.89. The van der Waals surface area contributed by atoms with Crippen LogP contribution in [0, 0.1) is 13.8 Å². The van der Waals surface area contributed by atoms with Crippen LogP contribution in [0.25, 0.3) is 10.9 Å². The van der Waals surface area contributed by atoms with Crippen LogP contribution in [0.5, 0.6) is 0 Å². The first-order valence-corrected chi connectivity index (χ1v) is 8.03. The predicted octanol–water partition coefficient (Wildman–Crippen LogP) is 5.27. The zero-order valence-electron chi connectivity index (χ0n) is 12.8. The molecule has 0 saturated carbocycles. The van der Waals surface area contributed by atoms with E-state index in [4.69, 9.17) is 23.2 Å². The van der Waals surface area contributed by atoms with E-state index in [1.165, 1.54) is 0 Å². The number of H-pyrrole nitrogens is 1. The number of para-hydroxylation sites is 1. The minimum atomic E-state index is -0.148. The zero-order chi connectivity index (χ0) is 16.6. The standard InChI is InChI=1S/C18H16Cl2N2O/c1-10-6-7-16-13(8-10)12(11(2)21-16)9-17(23)22-18-14(19)4-3-5-15(18)20/h3-8,21H,9H2,1-2H3,(H,22,23). The summed E-state index contributed by atoms with van der Waals surface area (Å²) in [6.07, 6.45) is 0.261. The molecule has 0 bridgehead atoms. The first kappa shape index (κ1) is 15.9. The molecule has 0 atom stereocenters. The molecule has 2 N–H and O–H groups in total. The Morgan fingerprint density at radius 1 is 1.13 bits per heavy atom. The number of anilines is 1. The van der Waals surface area contributed by atoms with Crippen LogP contribution in [0.15, 0.2) is 36.4 Å². The molecule has 0 spiro atoms. The van der Waals surface area contributed by atoms with Gasteiger partial charge in [-0.25, -0.2) is 0 Å². The Hall–Kier alpha value is -1.97. The van der Waals surface area contributed by atoms with Gasteiger partial charge in [0.2, 0.25) is 5.91 Å². The molecule has 0 aliphatic carbocycles. The van der Waals surface area contributed by atoms with Crippen LogP contribution in [0.3, 0.4) is 0 Å². The Kier molecular flexibility index (Phi) is 4.33. The first-order chi connectivity index (χ1) is 11.0. The summed E-state index contributed by atoms with van der Waals surface area (Å²) < 4.78 is 0. The molecule has 0 unspecified atom stereocenters. The number of benzene rings is 2. The lowest BCUT2D eigenvalue weighted by atomic mass is 10.1. The van der Waals surface area contributed by atoms with Crippen LogP contribution < -0.4 is 5.32 Å². The van der Waals surface area contributed by atoms with Crippen molar-refractivity contribution in [2.45, 2.75) is 20.3 Å². The van der Waals surface area contributed by atoms with Gasteiger partial charge in [-0.1, -0.05) is 40.9 Å². The summed E-state index contributed by atoms with van der Waals surface area (Å²) in [4.78, 5) is 15.7. The molecule has 3 aromatic rings. The van der Waals surface area contributed by atoms with Gasteiger partial charge >= 0.3 is 0 Å². The van der Waals surface area contributed by atoms with Crippen LogP contribution >= 0.6 is 23.2 Å². The smallest absolute Gasteiger partial charge is 0.228 e. The van der Waals surface area contributed by atoms with Gasteiger partial charge in [0.1, 0.15) is 0 Å². The highest BCUT2D eigenvalue weighted by atomic mass is 35.5. The van der Waals surface area contributed by atoms with E-state index in [0.29, 0.717) is 15.7 Å². The fourth-order valence-electron chi connectivity index (χ4n) is 2.69. The topological polar surface area (TPSA) is 44.9 Å². The van der Waals surface area contributed by atoms with Gasteiger partial charge in [0.05, 0.1) is 22.2 Å². The number of carbonyl (C=O) groups is 1. The van der Waals surface area contributed by atoms with E-state index in [1.807, 2.05) is 26.0 Å². The number of rotatable bonds is 3. The molecule has 5 heteroatoms. The largest absolute Gasteiger partial charge is 0.358 e. The molecule has 0 saturated heterocycles. The molecule has 1 heterocycles. The maximum atomic E-state index is 12.4. The number of amides is 1. The molecular weight excluding hydrogens is 331 g/mol. The molecule has 2 aromatic carbocycles. The summed E-state index contributed by atoms with van der Waals surface area (Å²) >= 11 is 12.2. The number of hydrogen-bond acceptors (Lipinski definition) is 1. The maximum Gasteiger partial charge on any atom is 0.228 e. The molecule has 0 aliphatic heterocycles. The SMILES string of the molecule is Cc1ccc2[nH]c(C)c(CC(=O)Nc3c(Cl)cccc3Cl)c2c1. The van der Waals surface area contributed by atoms with Gasteiger partial charge in [-0.2, -0.15) is 0 Å². The molecule has 1 amide bonds. The summed E-state index contributed by atoms with van der Waals surface area (Å²) in [5.74, 6) is -0.148. The lowest BCUT2D eigenvalue weighted by molar-refractivity contribution is -0.115. The van der Waals surface area contributed by atoms with E-state index < -0.39 is 0 Å². The third-order valence-corrected chi connectivity index (χ3v) is 4.47. The lowest BCUT2D eigenvalue weighted by Gasteiger charge is -2.09. The molecule has 0 radical (unpaired) electrons. The summed E-state index contributed by atoms with van der Waals surface area (Å²) in [5, 5.41) is 4.73. The van der Waals surface area contributed by atoms with E-state index >= 15 is 0 Å². The van der Waals surface area contributed by atoms with E-state index in [9.17, 15) is 4.79 Å². The van der Waals surface area contributed by atoms with Crippen molar-refractivity contribution in [1.29, 1.82) is 0 Å². The summed E-state index contributed by atoms with van der Waals surface area (Å²) in [7, 11) is 0. The molecule has 1 aromatic heterocycles. The van der Waals surface area contributed by atoms with Gasteiger partial charge in [0.15, 0.2) is 0 Å². The van der Waals surface area contributed by atoms with Crippen molar-refractivity contribution in [2.24, 2.45) is 0 Å². The second-order valence-corrected chi connectivity index (χ2v) is 6.41. The number of fused-ring (bicyclic) bond motifs is 1. The van der Waals surface area contributed by atoms with Crippen LogP contribution in [0.1, 0.15) is 16.8 Å². The van der Waals surface area contributed by atoms with Crippen molar-refractivity contribution < 1.29 is 4.79 Å². The average Bonchev–Trinajstić information content (AvgIpc) is 2.79. The number of nitrogens with one attached hydrogen (secondary N) is 2. The molecule has 0 fully saturated rings. The van der Waals surface area contributed by atoms with Gasteiger partial charge < -0.3 is 10.3 Å². The monoisotopic (exact) mass is 346 g/mol. The zero-order valence-corrected chi connectivity index (χ0v) is 14.3. The Labute approximate surface area is 144 Å². The van der Waals surface area contributed by atoms with Crippen LogP contribution in [0.2, 0.25) is 10.0 Å². The number of halogens is 2. The number of carbonyl (C=O) groups excluding carboxylic acids is 1. The number of aryl methyl sites for hydroxylation is 2. The predicted molar refractivity (Wildman–Crippen MR) is 96.6 cm³/mol. The average molecular weight is 347 g/mol. The van der Waals surface area contributed by atoms with Crippen molar-refractivity contribution in [2.75, 3.05) is 5.32 Å². The van der Waals surface area contributed by atoms with Crippen molar-refractivity contribution in [3.63, 3.8) is 0 Å². The molecular formula is C18H16Cl2N2O. The highest BCUT2D eigenvalue weighted by Crippen LogP contribution is 2.30.